The zero-order valence-electron chi connectivity index (χ0n) is 11.4. The summed E-state index contributed by atoms with van der Waals surface area (Å²) in [6, 6.07) is 0. The van der Waals surface area contributed by atoms with Crippen LogP contribution >= 0.6 is 0 Å². The molecular formula is C10H20O10S2. The summed E-state index contributed by atoms with van der Waals surface area (Å²) in [5, 5.41) is 56.1. The summed E-state index contributed by atoms with van der Waals surface area (Å²) in [5.41, 5.74) is 0. The Balaban J connectivity index is 2.77. The van der Waals surface area contributed by atoms with Crippen molar-refractivity contribution in [3.63, 3.8) is 0 Å². The van der Waals surface area contributed by atoms with E-state index in [0.717, 1.165) is 0 Å². The Labute approximate surface area is 130 Å². The van der Waals surface area contributed by atoms with Crippen LogP contribution in [0.1, 0.15) is 0 Å². The lowest BCUT2D eigenvalue weighted by Crippen LogP contribution is -2.46. The molecule has 0 aromatic heterocycles. The van der Waals surface area contributed by atoms with Crippen molar-refractivity contribution < 1.29 is 47.8 Å². The van der Waals surface area contributed by atoms with Crippen LogP contribution in [0.4, 0.5) is 0 Å². The zero-order chi connectivity index (χ0) is 17.1. The van der Waals surface area contributed by atoms with Gasteiger partial charge in [0.15, 0.2) is 5.25 Å². The maximum atomic E-state index is 10.5. The van der Waals surface area contributed by atoms with Crippen LogP contribution in [0.15, 0.2) is 0 Å². The maximum absolute atomic E-state index is 10.5. The number of rotatable bonds is 8. The van der Waals surface area contributed by atoms with Gasteiger partial charge in [-0.1, -0.05) is 0 Å². The Morgan fingerprint density at radius 1 is 1.23 bits per heavy atom. The topological polar surface area (TPSA) is 188 Å². The first-order chi connectivity index (χ1) is 10.1. The smallest absolute Gasteiger partial charge is 0.218 e. The second-order valence-corrected chi connectivity index (χ2v) is 8.23. The third-order valence-corrected chi connectivity index (χ3v) is 6.69. The van der Waals surface area contributed by atoms with Crippen molar-refractivity contribution in [2.24, 2.45) is 0 Å². The molecule has 0 aliphatic carbocycles. The predicted molar refractivity (Wildman–Crippen MR) is 73.7 cm³/mol. The van der Waals surface area contributed by atoms with Crippen LogP contribution < -0.4 is 0 Å². The van der Waals surface area contributed by atoms with Crippen LogP contribution in [0.2, 0.25) is 0 Å². The van der Waals surface area contributed by atoms with Crippen molar-refractivity contribution in [2.75, 3.05) is 24.7 Å². The summed E-state index contributed by atoms with van der Waals surface area (Å²) >= 11 is 0. The average Bonchev–Trinajstić information content (AvgIpc) is 2.69. The molecule has 1 unspecified atom stereocenters. The lowest BCUT2D eigenvalue weighted by atomic mass is 10.1. The van der Waals surface area contributed by atoms with E-state index in [2.05, 4.69) is 4.18 Å². The molecule has 12 heteroatoms. The summed E-state index contributed by atoms with van der Waals surface area (Å²) in [7, 11) is -6.11. The van der Waals surface area contributed by atoms with Crippen LogP contribution in [-0.4, -0.2) is 104 Å². The average molecular weight is 364 g/mol. The monoisotopic (exact) mass is 364 g/mol. The largest absolute Gasteiger partial charge is 0.726 e. The van der Waals surface area contributed by atoms with Gasteiger partial charge in [-0.2, -0.15) is 0 Å². The molecule has 7 atom stereocenters. The van der Waals surface area contributed by atoms with E-state index in [1.54, 1.807) is 0 Å². The zero-order valence-corrected chi connectivity index (χ0v) is 13.1. The molecule has 0 aromatic carbocycles. The van der Waals surface area contributed by atoms with E-state index in [1.807, 2.05) is 0 Å². The fourth-order valence-corrected chi connectivity index (χ4v) is 5.74. The predicted octanol–water partition coefficient (Wildman–Crippen LogP) is -4.74. The van der Waals surface area contributed by atoms with E-state index < -0.39 is 70.3 Å². The van der Waals surface area contributed by atoms with Crippen LogP contribution in [0, 0.1) is 0 Å². The number of aliphatic hydroxyl groups is 6. The molecule has 6 N–H and O–H groups in total. The third kappa shape index (κ3) is 5.26. The van der Waals surface area contributed by atoms with E-state index in [4.69, 9.17) is 10.2 Å². The van der Waals surface area contributed by atoms with Gasteiger partial charge in [-0.15, -0.1) is 0 Å². The molecule has 0 bridgehead atoms. The number of hydrogen-bond donors (Lipinski definition) is 6. The first-order valence-corrected chi connectivity index (χ1v) is 9.31. The highest BCUT2D eigenvalue weighted by Crippen LogP contribution is 2.28. The van der Waals surface area contributed by atoms with Gasteiger partial charge < -0.3 is 35.2 Å². The van der Waals surface area contributed by atoms with E-state index in [-0.39, 0.29) is 11.5 Å². The fraction of sp³-hybridized carbons (Fsp3) is 1.00. The lowest BCUT2D eigenvalue weighted by molar-refractivity contribution is -0.000108. The second-order valence-electron chi connectivity index (χ2n) is 4.94. The Morgan fingerprint density at radius 2 is 1.82 bits per heavy atom. The molecule has 0 spiro atoms. The number of aliphatic hydroxyl groups excluding tert-OH is 6. The summed E-state index contributed by atoms with van der Waals surface area (Å²) in [5.74, 6) is -0.210. The molecule has 1 heterocycles. The Hall–Kier alpha value is -0.0200. The van der Waals surface area contributed by atoms with Crippen molar-refractivity contribution in [1.29, 1.82) is 0 Å². The van der Waals surface area contributed by atoms with E-state index in [0.29, 0.717) is 0 Å². The van der Waals surface area contributed by atoms with Gasteiger partial charge in [0.2, 0.25) is 10.4 Å². The van der Waals surface area contributed by atoms with Gasteiger partial charge in [-0.05, 0) is 0 Å². The Bertz CT molecular complexity index is 443. The highest BCUT2D eigenvalue weighted by atomic mass is 32.3. The third-order valence-electron chi connectivity index (χ3n) is 3.30. The van der Waals surface area contributed by atoms with Crippen molar-refractivity contribution in [2.45, 2.75) is 35.8 Å². The van der Waals surface area contributed by atoms with Gasteiger partial charge in [0.1, 0.15) is 42.0 Å². The molecule has 0 radical (unpaired) electrons. The van der Waals surface area contributed by atoms with Crippen molar-refractivity contribution in [3.05, 3.63) is 0 Å². The van der Waals surface area contributed by atoms with Crippen LogP contribution in [0.3, 0.4) is 0 Å². The second kappa shape index (κ2) is 8.19. The van der Waals surface area contributed by atoms with Gasteiger partial charge in [0.25, 0.3) is 0 Å². The first-order valence-electron chi connectivity index (χ1n) is 6.35. The van der Waals surface area contributed by atoms with Crippen molar-refractivity contribution in [1.82, 2.24) is 0 Å². The minimum absolute atomic E-state index is 0.0161. The van der Waals surface area contributed by atoms with Gasteiger partial charge in [0, 0.05) is 10.9 Å². The molecule has 10 nitrogen and oxygen atoms in total. The quantitative estimate of drug-likeness (QED) is 0.139. The standard InChI is InChI=1S/C10H20O10S2/c11-1-5(13)10-9(16)7(15)4-21(10)3-6(14)8(2-12)20-22(17,18)19/h5-16H,1-4H2/t5-,6+,7+,8-,9+,10-,21?/m0/s1. The summed E-state index contributed by atoms with van der Waals surface area (Å²) < 4.78 is 35.6. The van der Waals surface area contributed by atoms with Gasteiger partial charge in [-0.3, -0.25) is 4.18 Å². The summed E-state index contributed by atoms with van der Waals surface area (Å²) in [6.07, 6.45) is -7.06. The lowest BCUT2D eigenvalue weighted by Gasteiger charge is -2.24. The van der Waals surface area contributed by atoms with Crippen molar-refractivity contribution in [3.8, 4) is 0 Å². The number of hydrogen-bond acceptors (Lipinski definition) is 10. The molecule has 0 saturated carbocycles. The molecule has 1 rings (SSSR count). The molecule has 1 fully saturated rings. The Kier molecular flexibility index (Phi) is 7.45. The first kappa shape index (κ1) is 20.0. The van der Waals surface area contributed by atoms with Gasteiger partial charge in [0.05, 0.1) is 13.2 Å². The fourth-order valence-electron chi connectivity index (χ4n) is 2.27. The Morgan fingerprint density at radius 3 is 2.27 bits per heavy atom. The minimum atomic E-state index is -5.13. The van der Waals surface area contributed by atoms with Gasteiger partial charge in [-0.25, -0.2) is 8.42 Å². The summed E-state index contributed by atoms with van der Waals surface area (Å²) in [6.45, 7) is -1.60. The molecule has 0 aromatic rings. The van der Waals surface area contributed by atoms with E-state index in [9.17, 15) is 33.4 Å². The highest BCUT2D eigenvalue weighted by Gasteiger charge is 2.54. The normalized spacial score (nSPS) is 33.6. The summed E-state index contributed by atoms with van der Waals surface area (Å²) in [4.78, 5) is 0. The molecule has 1 aliphatic heterocycles. The maximum Gasteiger partial charge on any atom is 0.218 e. The SMILES string of the molecule is O=S(=O)([O-])O[C@@H](CO)[C@H](O)C[S+]1C[C@@H](O)[C@@H](O)[C@@H]1[C@@H](O)CO. The van der Waals surface area contributed by atoms with Gasteiger partial charge >= 0.3 is 0 Å². The molecular weight excluding hydrogens is 344 g/mol. The molecule has 132 valence electrons. The van der Waals surface area contributed by atoms with Crippen LogP contribution in [0.25, 0.3) is 0 Å². The molecule has 22 heavy (non-hydrogen) atoms. The minimum Gasteiger partial charge on any atom is -0.726 e. The highest BCUT2D eigenvalue weighted by molar-refractivity contribution is 7.97. The van der Waals surface area contributed by atoms with Crippen LogP contribution in [-0.2, 0) is 25.5 Å². The van der Waals surface area contributed by atoms with E-state index in [1.165, 1.54) is 0 Å². The van der Waals surface area contributed by atoms with Crippen LogP contribution in [0.5, 0.6) is 0 Å². The molecule has 1 aliphatic rings. The molecule has 1 saturated heterocycles. The molecule has 0 amide bonds. The van der Waals surface area contributed by atoms with E-state index >= 15 is 0 Å². The van der Waals surface area contributed by atoms with Crippen molar-refractivity contribution >= 4 is 21.3 Å².